The van der Waals surface area contributed by atoms with E-state index < -0.39 is 40.3 Å². The number of halogens is 2. The Balaban J connectivity index is 0.937. The molecule has 5 aromatic rings. The molecule has 4 saturated heterocycles. The van der Waals surface area contributed by atoms with Crippen LogP contribution in [0.25, 0.3) is 0 Å². The lowest BCUT2D eigenvalue weighted by atomic mass is 9.86. The van der Waals surface area contributed by atoms with Crippen LogP contribution in [0.4, 0.5) is 4.79 Å². The molecule has 1 amide bonds. The predicted molar refractivity (Wildman–Crippen MR) is 242 cm³/mol. The van der Waals surface area contributed by atoms with Crippen LogP contribution >= 0.6 is 23.2 Å². The van der Waals surface area contributed by atoms with Crippen LogP contribution in [0.5, 0.6) is 17.2 Å². The van der Waals surface area contributed by atoms with Crippen LogP contribution in [0.1, 0.15) is 65.6 Å². The second-order valence-electron chi connectivity index (χ2n) is 16.4. The lowest BCUT2D eigenvalue weighted by Crippen LogP contribution is -2.52. The molecule has 4 aliphatic heterocycles. The minimum Gasteiger partial charge on any atom is -0.619 e. The van der Waals surface area contributed by atoms with E-state index in [2.05, 4.69) is 10.2 Å². The molecule has 0 spiro atoms. The number of esters is 1. The summed E-state index contributed by atoms with van der Waals surface area (Å²) in [4.78, 5) is 29.7. The molecule has 1 aromatic heterocycles. The number of methoxy groups -OCH3 is 2. The molecule has 0 saturated carbocycles. The summed E-state index contributed by atoms with van der Waals surface area (Å²) < 4.78 is 59.1. The number of piperidine rings is 3. The summed E-state index contributed by atoms with van der Waals surface area (Å²) in [7, 11) is -1.18. The maximum atomic E-state index is 14.2. The molecule has 17 heteroatoms. The summed E-state index contributed by atoms with van der Waals surface area (Å²) in [6.07, 6.45) is 3.43. The van der Waals surface area contributed by atoms with E-state index in [9.17, 15) is 23.2 Å². The third-order valence-corrected chi connectivity index (χ3v) is 14.9. The molecule has 4 aliphatic rings. The Morgan fingerprint density at radius 1 is 0.831 bits per heavy atom. The molecule has 4 aromatic carbocycles. The average molecular weight is 946 g/mol. The standard InChI is InChI=1S/C48H50Cl2N4O10S/c1-60-42-18-15-34(25-44(42)61-2)43(26-38-39(49)27-53(57)28-40(38)50)63-47(55)41-12-7-21-54(41)65(58,59)37-16-13-31(14-17-37)30-62-36-11-6-10-35(24-36)46(33-8-4-3-5-9-33)51-48(56)64-45-29-52-22-19-32(45)20-23-52/h3-6,8-11,13-18,24-25,27-28,32,41,43,45-46H,7,12,19-23,26,29-30H2,1-2H3,(H,51,56)/t41-,43-,45-,46-/m0/s1. The van der Waals surface area contributed by atoms with Gasteiger partial charge in [0.1, 0.15) is 40.7 Å². The van der Waals surface area contributed by atoms with Gasteiger partial charge in [0.2, 0.25) is 10.0 Å². The normalized spacial score (nSPS) is 20.4. The number of carbonyl (C=O) groups excluding carboxylic acids is 2. The van der Waals surface area contributed by atoms with Crippen molar-refractivity contribution in [3.8, 4) is 17.2 Å². The fourth-order valence-electron chi connectivity index (χ4n) is 8.86. The number of nitrogens with zero attached hydrogens (tertiary/aromatic N) is 3. The first-order valence-corrected chi connectivity index (χ1v) is 23.7. The molecule has 14 nitrogen and oxygen atoms in total. The molecule has 0 aliphatic carbocycles. The molecular formula is C48H50Cl2N4O10S. The number of fused-ring (bicyclic) bond motifs is 3. The Bertz CT molecular complexity index is 2570. The van der Waals surface area contributed by atoms with Crippen molar-refractivity contribution in [1.82, 2.24) is 14.5 Å². The number of sulfonamides is 1. The Kier molecular flexibility index (Phi) is 14.4. The summed E-state index contributed by atoms with van der Waals surface area (Å²) in [5.74, 6) is 1.01. The van der Waals surface area contributed by atoms with Crippen LogP contribution < -0.4 is 24.3 Å². The topological polar surface area (TPSA) is 160 Å². The number of hydrogen-bond donors (Lipinski definition) is 1. The fourth-order valence-corrected chi connectivity index (χ4v) is 11.1. The van der Waals surface area contributed by atoms with Gasteiger partial charge in [0, 0.05) is 25.1 Å². The minimum absolute atomic E-state index is 0.00932. The van der Waals surface area contributed by atoms with E-state index in [4.69, 9.17) is 46.9 Å². The largest absolute Gasteiger partial charge is 0.619 e. The highest BCUT2D eigenvalue weighted by atomic mass is 35.5. The third kappa shape index (κ3) is 10.6. The molecule has 65 heavy (non-hydrogen) atoms. The number of ether oxygens (including phenoxy) is 5. The maximum Gasteiger partial charge on any atom is 0.408 e. The van der Waals surface area contributed by atoms with Crippen LogP contribution in [0.15, 0.2) is 114 Å². The van der Waals surface area contributed by atoms with Crippen molar-refractivity contribution >= 4 is 45.3 Å². The van der Waals surface area contributed by atoms with Gasteiger partial charge in [0.05, 0.1) is 25.2 Å². The Hall–Kier alpha value is -5.58. The van der Waals surface area contributed by atoms with Crippen molar-refractivity contribution in [2.45, 2.75) is 67.9 Å². The van der Waals surface area contributed by atoms with Gasteiger partial charge in [-0.05, 0) is 103 Å². The highest BCUT2D eigenvalue weighted by Crippen LogP contribution is 2.37. The van der Waals surface area contributed by atoms with E-state index in [0.717, 1.165) is 56.0 Å². The molecule has 0 radical (unpaired) electrons. The SMILES string of the molecule is COc1ccc([C@H](Cc2c(Cl)c[n+]([O-])cc2Cl)OC(=O)[C@@H]2CCCN2S(=O)(=O)c2ccc(COc3cccc([C@@H](NC(=O)O[C@H]4CN5CCC4CC5)c4ccccc4)c3)cc2)cc1OC. The number of carbonyl (C=O) groups is 2. The van der Waals surface area contributed by atoms with Gasteiger partial charge in [0.25, 0.3) is 0 Å². The van der Waals surface area contributed by atoms with E-state index in [-0.39, 0.29) is 47.0 Å². The first-order chi connectivity index (χ1) is 31.4. The van der Waals surface area contributed by atoms with Gasteiger partial charge in [-0.25, -0.2) is 13.2 Å². The molecule has 1 N–H and O–H groups in total. The third-order valence-electron chi connectivity index (χ3n) is 12.3. The van der Waals surface area contributed by atoms with Gasteiger partial charge < -0.3 is 34.2 Å². The van der Waals surface area contributed by atoms with E-state index in [1.807, 2.05) is 54.6 Å². The minimum atomic E-state index is -4.15. The highest BCUT2D eigenvalue weighted by molar-refractivity contribution is 7.89. The van der Waals surface area contributed by atoms with Gasteiger partial charge in [-0.3, -0.25) is 9.69 Å². The lowest BCUT2D eigenvalue weighted by molar-refractivity contribution is -0.605. The number of aromatic nitrogens is 1. The predicted octanol–water partition coefficient (Wildman–Crippen LogP) is 7.81. The quantitative estimate of drug-likeness (QED) is 0.0584. The summed E-state index contributed by atoms with van der Waals surface area (Å²) in [5, 5.41) is 15.2. The van der Waals surface area contributed by atoms with Crippen LogP contribution in [0, 0.1) is 11.1 Å². The fraction of sp³-hybridized carbons (Fsp3) is 0.354. The van der Waals surface area contributed by atoms with E-state index in [1.54, 1.807) is 30.3 Å². The van der Waals surface area contributed by atoms with Gasteiger partial charge in [-0.2, -0.15) is 9.04 Å². The number of rotatable bonds is 16. The number of pyridine rings is 1. The van der Waals surface area contributed by atoms with E-state index in [1.165, 1.54) is 30.7 Å². The molecule has 342 valence electrons. The molecule has 4 atom stereocenters. The molecule has 2 bridgehead atoms. The Morgan fingerprint density at radius 2 is 1.54 bits per heavy atom. The van der Waals surface area contributed by atoms with Crippen LogP contribution in [-0.4, -0.2) is 82.2 Å². The van der Waals surface area contributed by atoms with Gasteiger partial charge in [-0.1, -0.05) is 83.9 Å². The zero-order valence-corrected chi connectivity index (χ0v) is 38.3. The molecule has 0 unspecified atom stereocenters. The van der Waals surface area contributed by atoms with Gasteiger partial charge in [-0.15, -0.1) is 0 Å². The van der Waals surface area contributed by atoms with Gasteiger partial charge >= 0.3 is 12.1 Å². The van der Waals surface area contributed by atoms with Crippen LogP contribution in [-0.2, 0) is 37.3 Å². The van der Waals surface area contributed by atoms with Crippen molar-refractivity contribution < 1.29 is 46.4 Å². The molecular weight excluding hydrogens is 896 g/mol. The summed E-state index contributed by atoms with van der Waals surface area (Å²) in [6.45, 7) is 3.10. The van der Waals surface area contributed by atoms with Crippen molar-refractivity contribution in [2.75, 3.05) is 40.4 Å². The Labute approximate surface area is 388 Å². The smallest absolute Gasteiger partial charge is 0.408 e. The van der Waals surface area contributed by atoms with Crippen molar-refractivity contribution in [3.05, 3.63) is 153 Å². The van der Waals surface area contributed by atoms with E-state index in [0.29, 0.717) is 51.0 Å². The van der Waals surface area contributed by atoms with E-state index >= 15 is 0 Å². The number of benzene rings is 4. The average Bonchev–Trinajstić information content (AvgIpc) is 3.83. The first kappa shape index (κ1) is 46.0. The maximum absolute atomic E-state index is 14.2. The number of alkyl carbamates (subject to hydrolysis) is 1. The summed E-state index contributed by atoms with van der Waals surface area (Å²) in [6, 6.07) is 26.9. The summed E-state index contributed by atoms with van der Waals surface area (Å²) in [5.41, 5.74) is 3.28. The lowest BCUT2D eigenvalue weighted by Gasteiger charge is -2.43. The Morgan fingerprint density at radius 3 is 2.22 bits per heavy atom. The second-order valence-corrected chi connectivity index (χ2v) is 19.1. The summed E-state index contributed by atoms with van der Waals surface area (Å²) >= 11 is 12.9. The highest BCUT2D eigenvalue weighted by Gasteiger charge is 2.42. The zero-order chi connectivity index (χ0) is 45.7. The van der Waals surface area contributed by atoms with Crippen molar-refractivity contribution in [1.29, 1.82) is 0 Å². The first-order valence-electron chi connectivity index (χ1n) is 21.5. The molecule has 9 rings (SSSR count). The number of nitrogens with one attached hydrogen (secondary N) is 1. The zero-order valence-electron chi connectivity index (χ0n) is 35.9. The van der Waals surface area contributed by atoms with Crippen LogP contribution in [0.2, 0.25) is 10.0 Å². The number of hydrogen-bond acceptors (Lipinski definition) is 11. The molecule has 4 fully saturated rings. The second kappa shape index (κ2) is 20.3. The number of amides is 1. The van der Waals surface area contributed by atoms with Crippen molar-refractivity contribution in [3.63, 3.8) is 0 Å². The van der Waals surface area contributed by atoms with Crippen molar-refractivity contribution in [2.24, 2.45) is 5.92 Å². The monoisotopic (exact) mass is 944 g/mol. The van der Waals surface area contributed by atoms with Crippen LogP contribution in [0.3, 0.4) is 0 Å². The molecule has 5 heterocycles. The van der Waals surface area contributed by atoms with Gasteiger partial charge in [0.15, 0.2) is 23.9 Å².